The van der Waals surface area contributed by atoms with E-state index >= 15 is 0 Å². The SMILES string of the molecule is COC[C@H](O)CNC(=O)N[C@@H](c1ccccc1C)C(C)(C)C. The average Bonchev–Trinajstić information content (AvgIpc) is 2.43. The van der Waals surface area contributed by atoms with Crippen LogP contribution in [-0.2, 0) is 4.74 Å². The highest BCUT2D eigenvalue weighted by Crippen LogP contribution is 2.34. The summed E-state index contributed by atoms with van der Waals surface area (Å²) in [4.78, 5) is 12.1. The van der Waals surface area contributed by atoms with Crippen LogP contribution in [0.25, 0.3) is 0 Å². The van der Waals surface area contributed by atoms with Crippen molar-refractivity contribution in [3.8, 4) is 0 Å². The Morgan fingerprint density at radius 3 is 2.50 bits per heavy atom. The number of benzene rings is 1. The lowest BCUT2D eigenvalue weighted by Gasteiger charge is -2.33. The molecule has 22 heavy (non-hydrogen) atoms. The Kier molecular flexibility index (Phi) is 6.84. The lowest BCUT2D eigenvalue weighted by molar-refractivity contribution is 0.0657. The number of aliphatic hydroxyl groups is 1. The zero-order chi connectivity index (χ0) is 16.8. The highest BCUT2D eigenvalue weighted by Gasteiger charge is 2.28. The average molecular weight is 308 g/mol. The molecule has 0 fully saturated rings. The lowest BCUT2D eigenvalue weighted by Crippen LogP contribution is -2.45. The van der Waals surface area contributed by atoms with Crippen molar-refractivity contribution in [2.75, 3.05) is 20.3 Å². The van der Waals surface area contributed by atoms with Gasteiger partial charge in [-0.05, 0) is 23.5 Å². The van der Waals surface area contributed by atoms with E-state index in [0.29, 0.717) is 0 Å². The van der Waals surface area contributed by atoms with E-state index in [1.807, 2.05) is 31.2 Å². The van der Waals surface area contributed by atoms with Gasteiger partial charge in [0, 0.05) is 13.7 Å². The summed E-state index contributed by atoms with van der Waals surface area (Å²) in [5.74, 6) is 0. The van der Waals surface area contributed by atoms with E-state index in [0.717, 1.165) is 11.1 Å². The summed E-state index contributed by atoms with van der Waals surface area (Å²) in [6.45, 7) is 8.65. The molecular weight excluding hydrogens is 280 g/mol. The zero-order valence-electron chi connectivity index (χ0n) is 14.1. The fraction of sp³-hybridized carbons (Fsp3) is 0.588. The van der Waals surface area contributed by atoms with Gasteiger partial charge in [-0.1, -0.05) is 45.0 Å². The summed E-state index contributed by atoms with van der Waals surface area (Å²) in [6, 6.07) is 7.62. The molecule has 3 N–H and O–H groups in total. The highest BCUT2D eigenvalue weighted by molar-refractivity contribution is 5.74. The molecular formula is C17H28N2O3. The van der Waals surface area contributed by atoms with Crippen LogP contribution in [0.4, 0.5) is 4.79 Å². The van der Waals surface area contributed by atoms with Crippen LogP contribution in [0, 0.1) is 12.3 Å². The van der Waals surface area contributed by atoms with Crippen LogP contribution in [0.2, 0.25) is 0 Å². The molecule has 2 amide bonds. The number of carbonyl (C=O) groups is 1. The Morgan fingerprint density at radius 1 is 1.32 bits per heavy atom. The van der Waals surface area contributed by atoms with Gasteiger partial charge in [0.25, 0.3) is 0 Å². The standard InChI is InChI=1S/C17H28N2O3/c1-12-8-6-7-9-14(12)15(17(2,3)4)19-16(21)18-10-13(20)11-22-5/h6-9,13,15,20H,10-11H2,1-5H3,(H2,18,19,21)/t13-,15+/m1/s1. The van der Waals surface area contributed by atoms with E-state index in [1.54, 1.807) is 0 Å². The summed E-state index contributed by atoms with van der Waals surface area (Å²) in [6.07, 6.45) is -0.706. The third-order valence-corrected chi connectivity index (χ3v) is 3.50. The summed E-state index contributed by atoms with van der Waals surface area (Å²) in [7, 11) is 1.51. The number of ether oxygens (including phenoxy) is 1. The van der Waals surface area contributed by atoms with E-state index in [2.05, 4.69) is 31.4 Å². The molecule has 0 aliphatic rings. The minimum Gasteiger partial charge on any atom is -0.389 e. The predicted molar refractivity (Wildman–Crippen MR) is 87.8 cm³/mol. The van der Waals surface area contributed by atoms with E-state index < -0.39 is 6.10 Å². The van der Waals surface area contributed by atoms with Gasteiger partial charge < -0.3 is 20.5 Å². The number of methoxy groups -OCH3 is 1. The molecule has 1 aromatic carbocycles. The Balaban J connectivity index is 2.75. The smallest absolute Gasteiger partial charge is 0.315 e. The number of carbonyl (C=O) groups excluding carboxylic acids is 1. The van der Waals surface area contributed by atoms with E-state index in [1.165, 1.54) is 7.11 Å². The van der Waals surface area contributed by atoms with Gasteiger partial charge >= 0.3 is 6.03 Å². The van der Waals surface area contributed by atoms with E-state index in [4.69, 9.17) is 4.74 Å². The Labute approximate surface area is 133 Å². The molecule has 1 rings (SSSR count). The second-order valence-electron chi connectivity index (χ2n) is 6.62. The Bertz CT molecular complexity index is 483. The van der Waals surface area contributed by atoms with Gasteiger partial charge in [0.1, 0.15) is 0 Å². The summed E-state index contributed by atoms with van der Waals surface area (Å²) >= 11 is 0. The topological polar surface area (TPSA) is 70.6 Å². The van der Waals surface area contributed by atoms with Crippen molar-refractivity contribution in [2.24, 2.45) is 5.41 Å². The minimum atomic E-state index is -0.706. The molecule has 0 aliphatic heterocycles. The van der Waals surface area contributed by atoms with Crippen LogP contribution in [0.15, 0.2) is 24.3 Å². The fourth-order valence-electron chi connectivity index (χ4n) is 2.32. The normalized spacial score (nSPS) is 14.3. The van der Waals surface area contributed by atoms with Crippen LogP contribution in [-0.4, -0.2) is 37.5 Å². The number of amides is 2. The first kappa shape index (κ1) is 18.5. The molecule has 0 saturated carbocycles. The number of nitrogens with one attached hydrogen (secondary N) is 2. The van der Waals surface area contributed by atoms with Crippen LogP contribution in [0.5, 0.6) is 0 Å². The molecule has 5 heteroatoms. The first-order valence-electron chi connectivity index (χ1n) is 7.52. The van der Waals surface area contributed by atoms with E-state index in [-0.39, 0.29) is 30.6 Å². The number of urea groups is 1. The number of aryl methyl sites for hydroxylation is 1. The monoisotopic (exact) mass is 308 g/mol. The predicted octanol–water partition coefficient (Wildman–Crippen LogP) is 2.39. The quantitative estimate of drug-likeness (QED) is 0.755. The fourth-order valence-corrected chi connectivity index (χ4v) is 2.32. The van der Waals surface area contributed by atoms with Crippen molar-refractivity contribution in [2.45, 2.75) is 39.8 Å². The molecule has 0 heterocycles. The highest BCUT2D eigenvalue weighted by atomic mass is 16.5. The molecule has 1 aromatic rings. The number of hydrogen-bond acceptors (Lipinski definition) is 3. The van der Waals surface area contributed by atoms with Crippen molar-refractivity contribution in [1.29, 1.82) is 0 Å². The molecule has 0 radical (unpaired) electrons. The molecule has 0 unspecified atom stereocenters. The minimum absolute atomic E-state index is 0.117. The number of rotatable bonds is 6. The van der Waals surface area contributed by atoms with Crippen molar-refractivity contribution in [1.82, 2.24) is 10.6 Å². The molecule has 2 atom stereocenters. The lowest BCUT2D eigenvalue weighted by atomic mass is 9.81. The first-order valence-corrected chi connectivity index (χ1v) is 7.52. The van der Waals surface area contributed by atoms with Gasteiger partial charge in [0.15, 0.2) is 0 Å². The van der Waals surface area contributed by atoms with Crippen molar-refractivity contribution in [3.05, 3.63) is 35.4 Å². The Morgan fingerprint density at radius 2 is 1.95 bits per heavy atom. The molecule has 0 saturated heterocycles. The maximum atomic E-state index is 12.1. The van der Waals surface area contributed by atoms with Gasteiger partial charge in [0.05, 0.1) is 18.8 Å². The van der Waals surface area contributed by atoms with Crippen LogP contribution in [0.3, 0.4) is 0 Å². The van der Waals surface area contributed by atoms with Crippen LogP contribution in [0.1, 0.15) is 37.9 Å². The number of aliphatic hydroxyl groups excluding tert-OH is 1. The molecule has 0 aliphatic carbocycles. The molecule has 0 spiro atoms. The summed E-state index contributed by atoms with van der Waals surface area (Å²) in [5, 5.41) is 15.3. The summed E-state index contributed by atoms with van der Waals surface area (Å²) in [5.41, 5.74) is 2.11. The van der Waals surface area contributed by atoms with Crippen molar-refractivity contribution >= 4 is 6.03 Å². The van der Waals surface area contributed by atoms with Crippen molar-refractivity contribution < 1.29 is 14.6 Å². The molecule has 0 bridgehead atoms. The maximum absolute atomic E-state index is 12.1. The second kappa shape index (κ2) is 8.15. The summed E-state index contributed by atoms with van der Waals surface area (Å²) < 4.78 is 4.83. The first-order chi connectivity index (χ1) is 10.3. The van der Waals surface area contributed by atoms with Crippen LogP contribution < -0.4 is 10.6 Å². The molecule has 5 nitrogen and oxygen atoms in total. The van der Waals surface area contributed by atoms with Crippen molar-refractivity contribution in [3.63, 3.8) is 0 Å². The largest absolute Gasteiger partial charge is 0.389 e. The molecule has 0 aromatic heterocycles. The van der Waals surface area contributed by atoms with Gasteiger partial charge in [-0.2, -0.15) is 0 Å². The van der Waals surface area contributed by atoms with Gasteiger partial charge in [0.2, 0.25) is 0 Å². The number of hydrogen-bond donors (Lipinski definition) is 3. The van der Waals surface area contributed by atoms with Gasteiger partial charge in [-0.15, -0.1) is 0 Å². The zero-order valence-corrected chi connectivity index (χ0v) is 14.1. The third kappa shape index (κ3) is 5.66. The van der Waals surface area contributed by atoms with Crippen LogP contribution >= 0.6 is 0 Å². The second-order valence-corrected chi connectivity index (χ2v) is 6.62. The Hall–Kier alpha value is -1.59. The third-order valence-electron chi connectivity index (χ3n) is 3.50. The van der Waals surface area contributed by atoms with Gasteiger partial charge in [-0.25, -0.2) is 4.79 Å². The van der Waals surface area contributed by atoms with Gasteiger partial charge in [-0.3, -0.25) is 0 Å². The molecule has 124 valence electrons. The maximum Gasteiger partial charge on any atom is 0.315 e. The van der Waals surface area contributed by atoms with E-state index in [9.17, 15) is 9.90 Å².